The molecule has 1 aromatic heterocycles. The molecule has 6 heteroatoms. The van der Waals surface area contributed by atoms with Gasteiger partial charge in [-0.15, -0.1) is 0 Å². The molecule has 0 aliphatic rings. The van der Waals surface area contributed by atoms with E-state index in [-0.39, 0.29) is 17.2 Å². The van der Waals surface area contributed by atoms with Crippen molar-refractivity contribution >= 4 is 17.5 Å². The van der Waals surface area contributed by atoms with Gasteiger partial charge in [0.2, 0.25) is 0 Å². The van der Waals surface area contributed by atoms with Crippen LogP contribution in [0.1, 0.15) is 40.1 Å². The SMILES string of the molecule is CC(C)(CN)CN(Cc1ccc(NC(=O)c2cccnc2)cc1)C(=O)c1ccccc1. The summed E-state index contributed by atoms with van der Waals surface area (Å²) in [7, 11) is 0. The van der Waals surface area contributed by atoms with Crippen molar-refractivity contribution in [3.05, 3.63) is 95.8 Å². The zero-order valence-corrected chi connectivity index (χ0v) is 17.9. The van der Waals surface area contributed by atoms with Crippen LogP contribution in [-0.2, 0) is 6.54 Å². The van der Waals surface area contributed by atoms with Crippen LogP contribution >= 0.6 is 0 Å². The lowest BCUT2D eigenvalue weighted by atomic mass is 9.92. The highest BCUT2D eigenvalue weighted by Gasteiger charge is 2.24. The van der Waals surface area contributed by atoms with Crippen LogP contribution in [0.2, 0.25) is 0 Å². The number of pyridine rings is 1. The molecule has 3 N–H and O–H groups in total. The van der Waals surface area contributed by atoms with E-state index in [1.807, 2.05) is 59.5 Å². The largest absolute Gasteiger partial charge is 0.334 e. The Kier molecular flexibility index (Phi) is 7.15. The highest BCUT2D eigenvalue weighted by molar-refractivity contribution is 6.04. The van der Waals surface area contributed by atoms with Gasteiger partial charge in [-0.1, -0.05) is 44.2 Å². The molecule has 0 aliphatic carbocycles. The molecular formula is C25H28N4O2. The fraction of sp³-hybridized carbons (Fsp3) is 0.240. The highest BCUT2D eigenvalue weighted by atomic mass is 16.2. The van der Waals surface area contributed by atoms with Gasteiger partial charge in [-0.25, -0.2) is 0 Å². The second kappa shape index (κ2) is 10.00. The van der Waals surface area contributed by atoms with Gasteiger partial charge in [0.15, 0.2) is 0 Å². The van der Waals surface area contributed by atoms with Gasteiger partial charge in [-0.3, -0.25) is 14.6 Å². The van der Waals surface area contributed by atoms with Crippen LogP contribution in [0.25, 0.3) is 0 Å². The van der Waals surface area contributed by atoms with Crippen molar-refractivity contribution in [3.63, 3.8) is 0 Å². The molecule has 0 radical (unpaired) electrons. The van der Waals surface area contributed by atoms with Crippen molar-refractivity contribution in [2.24, 2.45) is 11.1 Å². The maximum absolute atomic E-state index is 13.1. The second-order valence-corrected chi connectivity index (χ2v) is 8.29. The van der Waals surface area contributed by atoms with E-state index in [1.165, 1.54) is 6.20 Å². The Labute approximate surface area is 183 Å². The molecular weight excluding hydrogens is 388 g/mol. The van der Waals surface area contributed by atoms with E-state index < -0.39 is 0 Å². The third-order valence-corrected chi connectivity index (χ3v) is 4.99. The molecule has 1 heterocycles. The van der Waals surface area contributed by atoms with E-state index in [0.717, 1.165) is 5.56 Å². The van der Waals surface area contributed by atoms with E-state index in [0.29, 0.717) is 36.4 Å². The molecule has 0 saturated heterocycles. The van der Waals surface area contributed by atoms with Crippen LogP contribution in [0.15, 0.2) is 79.1 Å². The van der Waals surface area contributed by atoms with Gasteiger partial charge in [0, 0.05) is 36.7 Å². The summed E-state index contributed by atoms with van der Waals surface area (Å²) < 4.78 is 0. The van der Waals surface area contributed by atoms with Crippen LogP contribution in [-0.4, -0.2) is 34.8 Å². The van der Waals surface area contributed by atoms with Gasteiger partial charge in [-0.05, 0) is 53.9 Å². The number of carbonyl (C=O) groups excluding carboxylic acids is 2. The summed E-state index contributed by atoms with van der Waals surface area (Å²) in [4.78, 5) is 31.2. The lowest BCUT2D eigenvalue weighted by Gasteiger charge is -2.32. The van der Waals surface area contributed by atoms with E-state index >= 15 is 0 Å². The molecule has 0 bridgehead atoms. The molecule has 0 spiro atoms. The third-order valence-electron chi connectivity index (χ3n) is 4.99. The van der Waals surface area contributed by atoms with Crippen LogP contribution in [0, 0.1) is 5.41 Å². The summed E-state index contributed by atoms with van der Waals surface area (Å²) in [6, 6.07) is 20.2. The first-order valence-corrected chi connectivity index (χ1v) is 10.2. The van der Waals surface area contributed by atoms with Crippen LogP contribution < -0.4 is 11.1 Å². The fourth-order valence-corrected chi connectivity index (χ4v) is 3.16. The Balaban J connectivity index is 1.73. The minimum atomic E-state index is -0.216. The Morgan fingerprint density at radius 2 is 1.65 bits per heavy atom. The molecule has 2 aromatic carbocycles. The minimum Gasteiger partial charge on any atom is -0.334 e. The summed E-state index contributed by atoms with van der Waals surface area (Å²) in [5, 5.41) is 2.86. The smallest absolute Gasteiger partial charge is 0.257 e. The van der Waals surface area contributed by atoms with E-state index in [9.17, 15) is 9.59 Å². The van der Waals surface area contributed by atoms with Crippen molar-refractivity contribution in [1.82, 2.24) is 9.88 Å². The summed E-state index contributed by atoms with van der Waals surface area (Å²) in [5.74, 6) is -0.248. The van der Waals surface area contributed by atoms with E-state index in [1.54, 1.807) is 18.3 Å². The maximum atomic E-state index is 13.1. The Morgan fingerprint density at radius 3 is 2.26 bits per heavy atom. The number of rotatable bonds is 8. The number of benzene rings is 2. The van der Waals surface area contributed by atoms with Crippen molar-refractivity contribution < 1.29 is 9.59 Å². The first-order valence-electron chi connectivity index (χ1n) is 10.2. The summed E-state index contributed by atoms with van der Waals surface area (Å²) in [6.07, 6.45) is 3.15. The van der Waals surface area contributed by atoms with E-state index in [4.69, 9.17) is 5.73 Å². The van der Waals surface area contributed by atoms with Gasteiger partial charge in [-0.2, -0.15) is 0 Å². The predicted octanol–water partition coefficient (Wildman–Crippen LogP) is 3.96. The fourth-order valence-electron chi connectivity index (χ4n) is 3.16. The molecule has 6 nitrogen and oxygen atoms in total. The van der Waals surface area contributed by atoms with E-state index in [2.05, 4.69) is 24.1 Å². The van der Waals surface area contributed by atoms with Crippen molar-refractivity contribution in [1.29, 1.82) is 0 Å². The molecule has 3 aromatic rings. The average molecular weight is 417 g/mol. The normalized spacial score (nSPS) is 11.1. The summed E-state index contributed by atoms with van der Waals surface area (Å²) in [5.41, 5.74) is 8.51. The predicted molar refractivity (Wildman–Crippen MR) is 123 cm³/mol. The zero-order chi connectivity index (χ0) is 22.3. The standard InChI is InChI=1S/C25H28N4O2/c1-25(2,17-26)18-29(24(31)20-7-4-3-5-8-20)16-19-10-12-22(13-11-19)28-23(30)21-9-6-14-27-15-21/h3-15H,16-18,26H2,1-2H3,(H,28,30). The number of carbonyl (C=O) groups is 2. The van der Waals surface area contributed by atoms with Crippen molar-refractivity contribution in [3.8, 4) is 0 Å². The summed E-state index contributed by atoms with van der Waals surface area (Å²) in [6.45, 7) is 5.57. The summed E-state index contributed by atoms with van der Waals surface area (Å²) >= 11 is 0. The van der Waals surface area contributed by atoms with Crippen LogP contribution in [0.4, 0.5) is 5.69 Å². The molecule has 0 fully saturated rings. The molecule has 31 heavy (non-hydrogen) atoms. The molecule has 0 unspecified atom stereocenters. The lowest BCUT2D eigenvalue weighted by molar-refractivity contribution is 0.0673. The molecule has 2 amide bonds. The number of hydrogen-bond acceptors (Lipinski definition) is 4. The highest BCUT2D eigenvalue weighted by Crippen LogP contribution is 2.20. The van der Waals surface area contributed by atoms with Crippen molar-refractivity contribution in [2.75, 3.05) is 18.4 Å². The van der Waals surface area contributed by atoms with Gasteiger partial charge in [0.1, 0.15) is 0 Å². The number of hydrogen-bond donors (Lipinski definition) is 2. The number of amides is 2. The quantitative estimate of drug-likeness (QED) is 0.582. The van der Waals surface area contributed by atoms with Crippen LogP contribution in [0.3, 0.4) is 0 Å². The average Bonchev–Trinajstić information content (AvgIpc) is 2.80. The first-order chi connectivity index (χ1) is 14.9. The third kappa shape index (κ3) is 6.23. The topological polar surface area (TPSA) is 88.3 Å². The molecule has 0 aliphatic heterocycles. The Hall–Kier alpha value is -3.51. The minimum absolute atomic E-state index is 0.0314. The second-order valence-electron chi connectivity index (χ2n) is 8.29. The molecule has 0 saturated carbocycles. The van der Waals surface area contributed by atoms with Gasteiger partial charge < -0.3 is 16.0 Å². The molecule has 160 valence electrons. The first kappa shape index (κ1) is 22.2. The Morgan fingerprint density at radius 1 is 0.968 bits per heavy atom. The molecule has 0 atom stereocenters. The number of aromatic nitrogens is 1. The lowest BCUT2D eigenvalue weighted by Crippen LogP contribution is -2.41. The van der Waals surface area contributed by atoms with Gasteiger partial charge in [0.05, 0.1) is 5.56 Å². The number of nitrogens with one attached hydrogen (secondary N) is 1. The number of nitrogens with two attached hydrogens (primary N) is 1. The zero-order valence-electron chi connectivity index (χ0n) is 17.9. The Bertz CT molecular complexity index is 1000. The monoisotopic (exact) mass is 416 g/mol. The maximum Gasteiger partial charge on any atom is 0.257 e. The number of anilines is 1. The number of nitrogens with zero attached hydrogens (tertiary/aromatic N) is 2. The molecule has 3 rings (SSSR count). The van der Waals surface area contributed by atoms with Gasteiger partial charge in [0.25, 0.3) is 11.8 Å². The van der Waals surface area contributed by atoms with Crippen molar-refractivity contribution in [2.45, 2.75) is 20.4 Å². The van der Waals surface area contributed by atoms with Crippen LogP contribution in [0.5, 0.6) is 0 Å². The van der Waals surface area contributed by atoms with Gasteiger partial charge >= 0.3 is 0 Å².